The summed E-state index contributed by atoms with van der Waals surface area (Å²) in [5.41, 5.74) is 4.83. The highest BCUT2D eigenvalue weighted by atomic mass is 35.5. The van der Waals surface area contributed by atoms with E-state index >= 15 is 0 Å². The van der Waals surface area contributed by atoms with Gasteiger partial charge in [0, 0.05) is 6.07 Å². The molecule has 2 N–H and O–H groups in total. The van der Waals surface area contributed by atoms with Crippen LogP contribution in [0.5, 0.6) is 0 Å². The molecule has 0 saturated heterocycles. The molecular formula is C15H10ClF2N5O. The van der Waals surface area contributed by atoms with Gasteiger partial charge in [0.15, 0.2) is 5.69 Å². The van der Waals surface area contributed by atoms with Crippen LogP contribution in [0, 0.1) is 11.6 Å². The number of hydrogen-bond acceptors (Lipinski definition) is 4. The van der Waals surface area contributed by atoms with E-state index in [4.69, 9.17) is 11.6 Å². The Labute approximate surface area is 140 Å². The summed E-state index contributed by atoms with van der Waals surface area (Å²) < 4.78 is 27.9. The molecule has 0 fully saturated rings. The SMILES string of the molecule is O=C(NNc1cc(F)ccc1F)c1cn(-c2ccccc2Cl)nn1. The van der Waals surface area contributed by atoms with Crippen molar-refractivity contribution in [3.63, 3.8) is 0 Å². The van der Waals surface area contributed by atoms with Crippen molar-refractivity contribution in [3.8, 4) is 5.69 Å². The number of carbonyl (C=O) groups excluding carboxylic acids is 1. The molecule has 3 rings (SSSR count). The lowest BCUT2D eigenvalue weighted by Gasteiger charge is -2.07. The number of benzene rings is 2. The van der Waals surface area contributed by atoms with E-state index in [1.165, 1.54) is 10.9 Å². The quantitative estimate of drug-likeness (QED) is 0.710. The van der Waals surface area contributed by atoms with Crippen molar-refractivity contribution in [2.24, 2.45) is 0 Å². The van der Waals surface area contributed by atoms with E-state index in [0.717, 1.165) is 18.2 Å². The van der Waals surface area contributed by atoms with Gasteiger partial charge < -0.3 is 0 Å². The number of halogens is 3. The Morgan fingerprint density at radius 3 is 2.75 bits per heavy atom. The lowest BCUT2D eigenvalue weighted by atomic mass is 10.3. The Morgan fingerprint density at radius 1 is 1.17 bits per heavy atom. The van der Waals surface area contributed by atoms with Crippen LogP contribution in [-0.4, -0.2) is 20.9 Å². The van der Waals surface area contributed by atoms with Gasteiger partial charge in [-0.05, 0) is 24.3 Å². The van der Waals surface area contributed by atoms with Gasteiger partial charge >= 0.3 is 0 Å². The van der Waals surface area contributed by atoms with E-state index < -0.39 is 17.5 Å². The molecule has 9 heteroatoms. The summed E-state index contributed by atoms with van der Waals surface area (Å²) in [5, 5.41) is 7.97. The van der Waals surface area contributed by atoms with E-state index in [1.54, 1.807) is 24.3 Å². The Bertz CT molecular complexity index is 899. The molecule has 0 unspecified atom stereocenters. The fourth-order valence-corrected chi connectivity index (χ4v) is 2.13. The molecule has 24 heavy (non-hydrogen) atoms. The van der Waals surface area contributed by atoms with Gasteiger partial charge in [-0.1, -0.05) is 28.9 Å². The summed E-state index contributed by atoms with van der Waals surface area (Å²) in [6.45, 7) is 0. The van der Waals surface area contributed by atoms with Gasteiger partial charge in [-0.3, -0.25) is 15.6 Å². The minimum atomic E-state index is -0.712. The molecule has 0 aliphatic rings. The smallest absolute Gasteiger partial charge is 0.291 e. The number of hydrogen-bond donors (Lipinski definition) is 2. The van der Waals surface area contributed by atoms with Gasteiger partial charge in [0.05, 0.1) is 22.6 Å². The van der Waals surface area contributed by atoms with Crippen LogP contribution in [0.15, 0.2) is 48.7 Å². The highest BCUT2D eigenvalue weighted by Crippen LogP contribution is 2.18. The third kappa shape index (κ3) is 3.33. The van der Waals surface area contributed by atoms with Crippen LogP contribution in [0.2, 0.25) is 5.02 Å². The van der Waals surface area contributed by atoms with Crippen molar-refractivity contribution in [3.05, 3.63) is 71.0 Å². The molecule has 0 aliphatic heterocycles. The van der Waals surface area contributed by atoms with Gasteiger partial charge in [0.25, 0.3) is 5.91 Å². The van der Waals surface area contributed by atoms with Crippen molar-refractivity contribution in [1.82, 2.24) is 20.4 Å². The monoisotopic (exact) mass is 349 g/mol. The van der Waals surface area contributed by atoms with Crippen molar-refractivity contribution in [1.29, 1.82) is 0 Å². The Hall–Kier alpha value is -3.00. The van der Waals surface area contributed by atoms with Gasteiger partial charge in [0.1, 0.15) is 11.6 Å². The van der Waals surface area contributed by atoms with Gasteiger partial charge in [-0.25, -0.2) is 13.5 Å². The minimum Gasteiger partial charge on any atom is -0.295 e. The standard InChI is InChI=1S/C15H10ClF2N5O/c16-10-3-1-2-4-14(10)23-8-13(20-22-23)15(24)21-19-12-7-9(17)5-6-11(12)18/h1-8,19H,(H,21,24). The van der Waals surface area contributed by atoms with Gasteiger partial charge in [0.2, 0.25) is 0 Å². The molecule has 1 amide bonds. The molecule has 1 aromatic heterocycles. The first-order chi connectivity index (χ1) is 11.5. The molecule has 2 aromatic carbocycles. The van der Waals surface area contributed by atoms with Crippen LogP contribution < -0.4 is 10.9 Å². The molecule has 0 saturated carbocycles. The molecule has 0 atom stereocenters. The second kappa shape index (κ2) is 6.63. The van der Waals surface area contributed by atoms with Crippen molar-refractivity contribution in [2.75, 3.05) is 5.43 Å². The number of nitrogens with one attached hydrogen (secondary N) is 2. The summed E-state index contributed by atoms with van der Waals surface area (Å²) in [7, 11) is 0. The van der Waals surface area contributed by atoms with Gasteiger partial charge in [-0.2, -0.15) is 0 Å². The largest absolute Gasteiger partial charge is 0.295 e. The number of amides is 1. The van der Waals surface area contributed by atoms with Crippen LogP contribution in [0.1, 0.15) is 10.5 Å². The maximum Gasteiger partial charge on any atom is 0.291 e. The number of nitrogens with zero attached hydrogens (tertiary/aromatic N) is 3. The number of hydrazine groups is 1. The average molecular weight is 350 g/mol. The highest BCUT2D eigenvalue weighted by molar-refractivity contribution is 6.32. The molecule has 1 heterocycles. The van der Waals surface area contributed by atoms with Crippen LogP contribution in [0.3, 0.4) is 0 Å². The Morgan fingerprint density at radius 2 is 1.96 bits per heavy atom. The third-order valence-corrected chi connectivity index (χ3v) is 3.38. The molecule has 0 spiro atoms. The van der Waals surface area contributed by atoms with Crippen LogP contribution in [0.4, 0.5) is 14.5 Å². The molecule has 122 valence electrons. The van der Waals surface area contributed by atoms with Gasteiger partial charge in [-0.15, -0.1) is 5.10 Å². The molecule has 0 bridgehead atoms. The summed E-state index contributed by atoms with van der Waals surface area (Å²) >= 11 is 6.04. The summed E-state index contributed by atoms with van der Waals surface area (Å²) in [6.07, 6.45) is 1.36. The molecular weight excluding hydrogens is 340 g/mol. The summed E-state index contributed by atoms with van der Waals surface area (Å²) in [6, 6.07) is 9.72. The fraction of sp³-hybridized carbons (Fsp3) is 0. The lowest BCUT2D eigenvalue weighted by molar-refractivity contribution is 0.0957. The average Bonchev–Trinajstić information content (AvgIpc) is 3.05. The topological polar surface area (TPSA) is 71.8 Å². The first kappa shape index (κ1) is 15.9. The number of para-hydroxylation sites is 1. The maximum atomic E-state index is 13.5. The molecule has 6 nitrogen and oxygen atoms in total. The van der Waals surface area contributed by atoms with E-state index in [2.05, 4.69) is 21.2 Å². The lowest BCUT2D eigenvalue weighted by Crippen LogP contribution is -2.30. The van der Waals surface area contributed by atoms with Crippen molar-refractivity contribution in [2.45, 2.75) is 0 Å². The van der Waals surface area contributed by atoms with Crippen LogP contribution >= 0.6 is 11.6 Å². The predicted octanol–water partition coefficient (Wildman–Crippen LogP) is 2.96. The van der Waals surface area contributed by atoms with E-state index in [1.807, 2.05) is 0 Å². The van der Waals surface area contributed by atoms with E-state index in [0.29, 0.717) is 10.7 Å². The zero-order chi connectivity index (χ0) is 17.1. The maximum absolute atomic E-state index is 13.5. The number of aromatic nitrogens is 3. The highest BCUT2D eigenvalue weighted by Gasteiger charge is 2.13. The minimum absolute atomic E-state index is 0.0285. The fourth-order valence-electron chi connectivity index (χ4n) is 1.90. The number of carbonyl (C=O) groups is 1. The summed E-state index contributed by atoms with van der Waals surface area (Å²) in [4.78, 5) is 12.0. The van der Waals surface area contributed by atoms with Crippen molar-refractivity contribution < 1.29 is 13.6 Å². The van der Waals surface area contributed by atoms with Crippen molar-refractivity contribution >= 4 is 23.2 Å². The number of rotatable bonds is 4. The van der Waals surface area contributed by atoms with Crippen LogP contribution in [0.25, 0.3) is 5.69 Å². The Kier molecular flexibility index (Phi) is 4.39. The second-order valence-corrected chi connectivity index (χ2v) is 5.11. The molecule has 3 aromatic rings. The third-order valence-electron chi connectivity index (χ3n) is 3.06. The zero-order valence-electron chi connectivity index (χ0n) is 12.0. The van der Waals surface area contributed by atoms with E-state index in [-0.39, 0.29) is 11.4 Å². The zero-order valence-corrected chi connectivity index (χ0v) is 12.8. The predicted molar refractivity (Wildman–Crippen MR) is 83.8 cm³/mol. The Balaban J connectivity index is 1.72. The molecule has 0 aliphatic carbocycles. The second-order valence-electron chi connectivity index (χ2n) is 4.70. The molecule has 0 radical (unpaired) electrons. The first-order valence-corrected chi connectivity index (χ1v) is 7.11. The van der Waals surface area contributed by atoms with E-state index in [9.17, 15) is 13.6 Å². The number of anilines is 1. The summed E-state index contributed by atoms with van der Waals surface area (Å²) in [5.74, 6) is -2.02. The normalized spacial score (nSPS) is 10.5. The van der Waals surface area contributed by atoms with Crippen LogP contribution in [-0.2, 0) is 0 Å². The first-order valence-electron chi connectivity index (χ1n) is 6.73.